The Balaban J connectivity index is 0.785. The van der Waals surface area contributed by atoms with Crippen LogP contribution in [0.5, 0.6) is 0 Å². The van der Waals surface area contributed by atoms with Crippen molar-refractivity contribution in [3.05, 3.63) is 277 Å². The molecule has 6 nitrogen and oxygen atoms in total. The van der Waals surface area contributed by atoms with Crippen LogP contribution in [0.4, 0.5) is 34.1 Å². The number of aryl methyl sites for hydroxylation is 5. The van der Waals surface area contributed by atoms with Crippen LogP contribution in [0.25, 0.3) is 142 Å². The molecule has 0 aliphatic carbocycles. The van der Waals surface area contributed by atoms with Crippen LogP contribution in [0.3, 0.4) is 0 Å². The van der Waals surface area contributed by atoms with E-state index in [0.29, 0.717) is 0 Å². The van der Waals surface area contributed by atoms with Crippen LogP contribution in [0, 0.1) is 34.6 Å². The van der Waals surface area contributed by atoms with Gasteiger partial charge in [0.25, 0.3) is 0 Å². The molecule has 0 unspecified atom stereocenters. The standard InChI is InChI=1S/C83H56N4O2/c1-47-19-9-12-24-55(47)61-30-17-32-63-65-39-35-50(4)76(82(65)88-80(61)63)84(52-22-7-6-8-23-52)53-37-41-72-67(43-53)57-26-15-28-59-69-46-75-70(45-74(69)86(72)78(57)59)60-29-16-27-58-68-44-54(38-42-73(68)87(75)79(58)60)85(71-34-14-11-21-49(71)3)77-51(5)36-40-66-64-33-18-31-62(81(64)89-83(66)77)56-25-13-10-20-48(56)2/h6-46H,1-5H3. The Morgan fingerprint density at radius 3 is 1.13 bits per heavy atom. The van der Waals surface area contributed by atoms with Gasteiger partial charge in [0.15, 0.2) is 11.2 Å². The number of hydrogen-bond donors (Lipinski definition) is 0. The number of hydrogen-bond acceptors (Lipinski definition) is 4. The molecule has 0 atom stereocenters. The van der Waals surface area contributed by atoms with Crippen LogP contribution < -0.4 is 9.80 Å². The van der Waals surface area contributed by atoms with Crippen LogP contribution in [0.2, 0.25) is 0 Å². The number of furan rings is 2. The first kappa shape index (κ1) is 49.9. The van der Waals surface area contributed by atoms with Crippen molar-refractivity contribution in [2.24, 2.45) is 0 Å². The maximum absolute atomic E-state index is 7.23. The second-order valence-electron chi connectivity index (χ2n) is 24.6. The predicted octanol–water partition coefficient (Wildman–Crippen LogP) is 23.6. The smallest absolute Gasteiger partial charge is 0.159 e. The van der Waals surface area contributed by atoms with E-state index in [9.17, 15) is 0 Å². The molecular formula is C83H56N4O2. The normalized spacial score (nSPS) is 12.3. The predicted molar refractivity (Wildman–Crippen MR) is 374 cm³/mol. The van der Waals surface area contributed by atoms with Crippen molar-refractivity contribution in [1.29, 1.82) is 0 Å². The van der Waals surface area contributed by atoms with Gasteiger partial charge in [0.1, 0.15) is 11.2 Å². The van der Waals surface area contributed by atoms with Crippen LogP contribution in [-0.4, -0.2) is 8.80 Å². The molecule has 0 aliphatic rings. The first-order chi connectivity index (χ1) is 43.8. The van der Waals surface area contributed by atoms with E-state index in [0.717, 1.165) is 100 Å². The van der Waals surface area contributed by atoms with Crippen molar-refractivity contribution in [2.75, 3.05) is 9.80 Å². The number of aromatic nitrogens is 2. The molecular weight excluding hydrogens is 1080 g/mol. The highest BCUT2D eigenvalue weighted by Gasteiger charge is 2.29. The van der Waals surface area contributed by atoms with E-state index in [2.05, 4.69) is 302 Å². The van der Waals surface area contributed by atoms with Gasteiger partial charge in [-0.05, 0) is 140 Å². The van der Waals surface area contributed by atoms with E-state index in [1.54, 1.807) is 0 Å². The maximum atomic E-state index is 7.23. The summed E-state index contributed by atoms with van der Waals surface area (Å²) in [7, 11) is 0. The molecule has 0 aliphatic heterocycles. The average molecular weight is 1140 g/mol. The lowest BCUT2D eigenvalue weighted by Crippen LogP contribution is -2.13. The monoisotopic (exact) mass is 1140 g/mol. The van der Waals surface area contributed by atoms with Gasteiger partial charge in [-0.1, -0.05) is 182 Å². The summed E-state index contributed by atoms with van der Waals surface area (Å²) in [5.74, 6) is 0. The Kier molecular flexibility index (Phi) is 10.3. The number of rotatable bonds is 8. The molecule has 0 fully saturated rings. The van der Waals surface area contributed by atoms with Gasteiger partial charge in [-0.3, -0.25) is 0 Å². The highest BCUT2D eigenvalue weighted by molar-refractivity contribution is 6.30. The number of para-hydroxylation sites is 6. The lowest BCUT2D eigenvalue weighted by Gasteiger charge is -2.28. The molecule has 0 radical (unpaired) electrons. The van der Waals surface area contributed by atoms with Crippen molar-refractivity contribution in [1.82, 2.24) is 8.80 Å². The van der Waals surface area contributed by atoms with Crippen LogP contribution in [-0.2, 0) is 0 Å². The summed E-state index contributed by atoms with van der Waals surface area (Å²) in [4.78, 5) is 4.84. The fourth-order valence-electron chi connectivity index (χ4n) is 15.5. The van der Waals surface area contributed by atoms with E-state index in [4.69, 9.17) is 8.83 Å². The van der Waals surface area contributed by atoms with Gasteiger partial charge in [-0.25, -0.2) is 0 Å². The number of nitrogens with zero attached hydrogens (tertiary/aromatic N) is 4. The van der Waals surface area contributed by atoms with Gasteiger partial charge in [-0.2, -0.15) is 0 Å². The molecule has 0 bridgehead atoms. The van der Waals surface area contributed by atoms with E-state index >= 15 is 0 Å². The molecule has 6 heteroatoms. The second kappa shape index (κ2) is 18.3. The molecule has 0 spiro atoms. The topological polar surface area (TPSA) is 41.6 Å². The molecule has 0 N–H and O–H groups in total. The Bertz CT molecular complexity index is 6190. The van der Waals surface area contributed by atoms with Crippen molar-refractivity contribution in [2.45, 2.75) is 34.6 Å². The minimum absolute atomic E-state index is 0.872. The third-order valence-electron chi connectivity index (χ3n) is 19.6. The SMILES string of the molecule is Cc1ccccc1-c1cccc2c1oc1c(N(c3ccccc3)c3ccc4c(c3)c3cccc5c6cc7c(cc6n4c35)c3cccc4c5cc(N(c6ccccc6C)c6c(C)ccc8c6oc6c(-c9ccccc9C)cccc68)ccc5n7c43)c(C)ccc12. The van der Waals surface area contributed by atoms with Gasteiger partial charge in [0.2, 0.25) is 0 Å². The largest absolute Gasteiger partial charge is 0.453 e. The van der Waals surface area contributed by atoms with Gasteiger partial charge in [0.05, 0.1) is 44.5 Å². The van der Waals surface area contributed by atoms with E-state index in [1.807, 2.05) is 0 Å². The molecule has 0 amide bonds. The second-order valence-corrected chi connectivity index (χ2v) is 24.6. The highest BCUT2D eigenvalue weighted by Crippen LogP contribution is 2.52. The third kappa shape index (κ3) is 6.86. The Labute approximate surface area is 512 Å². The molecule has 19 rings (SSSR count). The first-order valence-electron chi connectivity index (χ1n) is 30.8. The van der Waals surface area contributed by atoms with E-state index in [1.165, 1.54) is 104 Å². The van der Waals surface area contributed by atoms with Gasteiger partial charge in [-0.15, -0.1) is 0 Å². The quantitative estimate of drug-likeness (QED) is 0.152. The lowest BCUT2D eigenvalue weighted by molar-refractivity contribution is 0.669. The maximum Gasteiger partial charge on any atom is 0.159 e. The summed E-state index contributed by atoms with van der Waals surface area (Å²) in [5.41, 5.74) is 27.6. The summed E-state index contributed by atoms with van der Waals surface area (Å²) < 4.78 is 19.5. The molecule has 6 aromatic heterocycles. The fourth-order valence-corrected chi connectivity index (χ4v) is 15.5. The van der Waals surface area contributed by atoms with Gasteiger partial charge >= 0.3 is 0 Å². The lowest BCUT2D eigenvalue weighted by atomic mass is 9.98. The first-order valence-corrected chi connectivity index (χ1v) is 30.8. The van der Waals surface area contributed by atoms with Gasteiger partial charge in [0, 0.05) is 98.5 Å². The summed E-state index contributed by atoms with van der Waals surface area (Å²) in [6, 6.07) is 91.5. The van der Waals surface area contributed by atoms with Crippen LogP contribution >= 0.6 is 0 Å². The van der Waals surface area contributed by atoms with Gasteiger partial charge < -0.3 is 27.4 Å². The summed E-state index contributed by atoms with van der Waals surface area (Å²) >= 11 is 0. The van der Waals surface area contributed by atoms with Crippen LogP contribution in [0.1, 0.15) is 27.8 Å². The fraction of sp³-hybridized carbons (Fsp3) is 0.0602. The van der Waals surface area contributed by atoms with Crippen molar-refractivity contribution in [3.63, 3.8) is 0 Å². The molecule has 89 heavy (non-hydrogen) atoms. The Morgan fingerprint density at radius 1 is 0.247 bits per heavy atom. The molecule has 6 heterocycles. The molecule has 420 valence electrons. The molecule has 0 saturated carbocycles. The summed E-state index contributed by atoms with van der Waals surface area (Å²) in [6.45, 7) is 11.0. The zero-order chi connectivity index (χ0) is 59.1. The van der Waals surface area contributed by atoms with Crippen molar-refractivity contribution >= 4 is 154 Å². The zero-order valence-corrected chi connectivity index (χ0v) is 49.8. The number of anilines is 6. The third-order valence-corrected chi connectivity index (χ3v) is 19.6. The van der Waals surface area contributed by atoms with Crippen molar-refractivity contribution in [3.8, 4) is 22.3 Å². The average Bonchev–Trinajstić information content (AvgIpc) is 1.53. The minimum Gasteiger partial charge on any atom is -0.453 e. The minimum atomic E-state index is 0.872. The Hall–Kier alpha value is -11.3. The molecule has 13 aromatic carbocycles. The molecule has 19 aromatic rings. The molecule has 0 saturated heterocycles. The Morgan fingerprint density at radius 2 is 0.640 bits per heavy atom. The van der Waals surface area contributed by atoms with Crippen LogP contribution in [0.15, 0.2) is 258 Å². The van der Waals surface area contributed by atoms with E-state index in [-0.39, 0.29) is 0 Å². The van der Waals surface area contributed by atoms with E-state index < -0.39 is 0 Å². The van der Waals surface area contributed by atoms with Crippen molar-refractivity contribution < 1.29 is 8.83 Å². The summed E-state index contributed by atoms with van der Waals surface area (Å²) in [5, 5.41) is 14.2. The number of benzene rings is 13. The zero-order valence-electron chi connectivity index (χ0n) is 49.8. The highest BCUT2D eigenvalue weighted by atomic mass is 16.3. The summed E-state index contributed by atoms with van der Waals surface area (Å²) in [6.07, 6.45) is 0. The number of fused-ring (bicyclic) bond motifs is 18.